The Balaban J connectivity index is 2.18. The van der Waals surface area contributed by atoms with Crippen LogP contribution in [0.5, 0.6) is 0 Å². The van der Waals surface area contributed by atoms with Crippen LogP contribution in [0.2, 0.25) is 0 Å². The number of aryl methyl sites for hydroxylation is 1. The summed E-state index contributed by atoms with van der Waals surface area (Å²) in [6.45, 7) is 1.90. The fraction of sp³-hybridized carbons (Fsp3) is 0.500. The lowest BCUT2D eigenvalue weighted by Gasteiger charge is -2.33. The number of hydrogen-bond acceptors (Lipinski definition) is 4. The fourth-order valence-corrected chi connectivity index (χ4v) is 3.93. The molecule has 1 saturated heterocycles. The van der Waals surface area contributed by atoms with Crippen molar-refractivity contribution in [1.29, 1.82) is 0 Å². The molecule has 0 amide bonds. The fourth-order valence-electron chi connectivity index (χ4n) is 2.46. The highest BCUT2D eigenvalue weighted by Crippen LogP contribution is 2.24. The Bertz CT molecular complexity index is 611. The van der Waals surface area contributed by atoms with Crippen molar-refractivity contribution in [1.82, 2.24) is 4.31 Å². The first-order valence-electron chi connectivity index (χ1n) is 6.86. The second-order valence-electron chi connectivity index (χ2n) is 5.16. The van der Waals surface area contributed by atoms with Crippen LogP contribution in [0.1, 0.15) is 18.9 Å². The van der Waals surface area contributed by atoms with Crippen LogP contribution in [0.25, 0.3) is 0 Å². The summed E-state index contributed by atoms with van der Waals surface area (Å²) < 4.78 is 26.1. The molecule has 0 spiro atoms. The lowest BCUT2D eigenvalue weighted by molar-refractivity contribution is -0.147. The zero-order chi connectivity index (χ0) is 15.6. The summed E-state index contributed by atoms with van der Waals surface area (Å²) in [5.74, 6) is -1.99. The Morgan fingerprint density at radius 3 is 2.43 bits per heavy atom. The van der Waals surface area contributed by atoms with Crippen LogP contribution in [0.3, 0.4) is 0 Å². The molecule has 0 unspecified atom stereocenters. The van der Waals surface area contributed by atoms with E-state index >= 15 is 0 Å². The third kappa shape index (κ3) is 3.25. The van der Waals surface area contributed by atoms with Crippen molar-refractivity contribution < 1.29 is 23.4 Å². The molecule has 0 aliphatic carbocycles. The minimum Gasteiger partial charge on any atom is -0.481 e. The highest BCUT2D eigenvalue weighted by atomic mass is 32.2. The summed E-state index contributed by atoms with van der Waals surface area (Å²) in [6.07, 6.45) is -0.243. The van der Waals surface area contributed by atoms with Gasteiger partial charge in [-0.2, -0.15) is 4.31 Å². The maximum Gasteiger partial charge on any atom is 0.309 e. The summed E-state index contributed by atoms with van der Waals surface area (Å²) in [7, 11) is -3.69. The molecule has 116 valence electrons. The number of aliphatic hydroxyl groups excluding tert-OH is 1. The number of β-amino-alcohol motifs (C(OH)–C–C–N with tert-alkyl or cyclic N) is 1. The summed E-state index contributed by atoms with van der Waals surface area (Å²) in [6, 6.07) is 6.61. The first kappa shape index (κ1) is 15.9. The van der Waals surface area contributed by atoms with Crippen molar-refractivity contribution in [2.75, 3.05) is 13.1 Å². The SMILES string of the molecule is CCc1ccc(S(=O)(=O)N2CC[C@H](C(=O)O)[C@H](O)C2)cc1. The van der Waals surface area contributed by atoms with E-state index in [1.165, 1.54) is 0 Å². The molecule has 1 fully saturated rings. The molecule has 0 saturated carbocycles. The van der Waals surface area contributed by atoms with E-state index in [1.807, 2.05) is 6.92 Å². The van der Waals surface area contributed by atoms with Crippen LogP contribution in [0.4, 0.5) is 0 Å². The smallest absolute Gasteiger partial charge is 0.309 e. The number of carboxylic acids is 1. The van der Waals surface area contributed by atoms with E-state index in [0.717, 1.165) is 16.3 Å². The lowest BCUT2D eigenvalue weighted by atomic mass is 9.95. The van der Waals surface area contributed by atoms with Gasteiger partial charge in [0.15, 0.2) is 0 Å². The molecule has 7 heteroatoms. The Kier molecular flexibility index (Phi) is 4.65. The molecule has 0 bridgehead atoms. The van der Waals surface area contributed by atoms with Gasteiger partial charge in [-0.1, -0.05) is 19.1 Å². The average molecular weight is 313 g/mol. The molecule has 0 aromatic heterocycles. The number of piperidine rings is 1. The number of carbonyl (C=O) groups is 1. The maximum atomic E-state index is 12.5. The molecule has 21 heavy (non-hydrogen) atoms. The Hall–Kier alpha value is -1.44. The topological polar surface area (TPSA) is 94.9 Å². The van der Waals surface area contributed by atoms with E-state index in [0.29, 0.717) is 0 Å². The number of carboxylic acid groups (broad SMARTS) is 1. The van der Waals surface area contributed by atoms with Crippen molar-refractivity contribution in [3.05, 3.63) is 29.8 Å². The van der Waals surface area contributed by atoms with E-state index in [-0.39, 0.29) is 24.4 Å². The largest absolute Gasteiger partial charge is 0.481 e. The van der Waals surface area contributed by atoms with Crippen LogP contribution in [-0.2, 0) is 21.2 Å². The van der Waals surface area contributed by atoms with E-state index in [1.54, 1.807) is 24.3 Å². The van der Waals surface area contributed by atoms with Crippen molar-refractivity contribution in [2.24, 2.45) is 5.92 Å². The predicted molar refractivity (Wildman–Crippen MR) is 76.3 cm³/mol. The van der Waals surface area contributed by atoms with Gasteiger partial charge in [0.25, 0.3) is 0 Å². The summed E-state index contributed by atoms with van der Waals surface area (Å²) in [5, 5.41) is 18.8. The molecule has 1 aromatic rings. The lowest BCUT2D eigenvalue weighted by Crippen LogP contribution is -2.48. The number of aliphatic carboxylic acids is 1. The van der Waals surface area contributed by atoms with Crippen molar-refractivity contribution in [2.45, 2.75) is 30.8 Å². The van der Waals surface area contributed by atoms with E-state index in [2.05, 4.69) is 0 Å². The van der Waals surface area contributed by atoms with Gasteiger partial charge < -0.3 is 10.2 Å². The van der Waals surface area contributed by atoms with Crippen molar-refractivity contribution >= 4 is 16.0 Å². The molecule has 0 radical (unpaired) electrons. The first-order chi connectivity index (χ1) is 9.86. The molecule has 2 atom stereocenters. The minimum atomic E-state index is -3.69. The van der Waals surface area contributed by atoms with Gasteiger partial charge >= 0.3 is 5.97 Å². The minimum absolute atomic E-state index is 0.103. The van der Waals surface area contributed by atoms with Crippen LogP contribution in [-0.4, -0.2) is 48.1 Å². The third-order valence-electron chi connectivity index (χ3n) is 3.83. The standard InChI is InChI=1S/C14H19NO5S/c1-2-10-3-5-11(6-4-10)21(19,20)15-8-7-12(14(17)18)13(16)9-15/h3-6,12-13,16H,2,7-9H2,1H3,(H,17,18)/t12-,13+/m0/s1. The molecule has 6 nitrogen and oxygen atoms in total. The second kappa shape index (κ2) is 6.13. The van der Waals surface area contributed by atoms with E-state index in [9.17, 15) is 18.3 Å². The Labute approximate surface area is 124 Å². The van der Waals surface area contributed by atoms with E-state index < -0.39 is 28.0 Å². The summed E-state index contributed by atoms with van der Waals surface area (Å²) in [4.78, 5) is 11.1. The molecule has 2 rings (SSSR count). The molecule has 2 N–H and O–H groups in total. The Morgan fingerprint density at radius 2 is 1.95 bits per heavy atom. The number of aliphatic hydroxyl groups is 1. The van der Waals surface area contributed by atoms with Crippen LogP contribution in [0.15, 0.2) is 29.2 Å². The third-order valence-corrected chi connectivity index (χ3v) is 5.71. The number of rotatable bonds is 4. The summed E-state index contributed by atoms with van der Waals surface area (Å²) >= 11 is 0. The average Bonchev–Trinajstić information content (AvgIpc) is 2.46. The van der Waals surface area contributed by atoms with Gasteiger partial charge in [0.05, 0.1) is 16.9 Å². The first-order valence-corrected chi connectivity index (χ1v) is 8.30. The number of hydrogen-bond donors (Lipinski definition) is 2. The summed E-state index contributed by atoms with van der Waals surface area (Å²) in [5.41, 5.74) is 1.04. The molecular formula is C14H19NO5S. The van der Waals surface area contributed by atoms with Crippen molar-refractivity contribution in [3.8, 4) is 0 Å². The van der Waals surface area contributed by atoms with Gasteiger partial charge in [0.1, 0.15) is 0 Å². The van der Waals surface area contributed by atoms with Gasteiger partial charge in [0.2, 0.25) is 10.0 Å². The van der Waals surface area contributed by atoms with Gasteiger partial charge in [0, 0.05) is 13.1 Å². The second-order valence-corrected chi connectivity index (χ2v) is 7.10. The highest BCUT2D eigenvalue weighted by Gasteiger charge is 2.37. The van der Waals surface area contributed by atoms with Crippen molar-refractivity contribution in [3.63, 3.8) is 0 Å². The number of benzene rings is 1. The molecular weight excluding hydrogens is 294 g/mol. The zero-order valence-corrected chi connectivity index (χ0v) is 12.6. The van der Waals surface area contributed by atoms with Crippen LogP contribution >= 0.6 is 0 Å². The molecule has 1 aliphatic heterocycles. The molecule has 1 aromatic carbocycles. The number of sulfonamides is 1. The monoisotopic (exact) mass is 313 g/mol. The van der Waals surface area contributed by atoms with Gasteiger partial charge in [-0.25, -0.2) is 8.42 Å². The maximum absolute atomic E-state index is 12.5. The highest BCUT2D eigenvalue weighted by molar-refractivity contribution is 7.89. The zero-order valence-electron chi connectivity index (χ0n) is 11.8. The number of nitrogens with zero attached hydrogens (tertiary/aromatic N) is 1. The molecule has 1 aliphatic rings. The van der Waals surface area contributed by atoms with E-state index in [4.69, 9.17) is 5.11 Å². The van der Waals surface area contributed by atoms with Crippen LogP contribution in [0, 0.1) is 5.92 Å². The van der Waals surface area contributed by atoms with Gasteiger partial charge in [-0.05, 0) is 30.5 Å². The van der Waals surface area contributed by atoms with Gasteiger partial charge in [-0.15, -0.1) is 0 Å². The molecule has 1 heterocycles. The predicted octanol–water partition coefficient (Wildman–Crippen LogP) is 0.705. The Morgan fingerprint density at radius 1 is 1.33 bits per heavy atom. The van der Waals surface area contributed by atoms with Crippen LogP contribution < -0.4 is 0 Å². The quantitative estimate of drug-likeness (QED) is 0.853. The van der Waals surface area contributed by atoms with Gasteiger partial charge in [-0.3, -0.25) is 4.79 Å². The normalized spacial score (nSPS) is 23.9.